The monoisotopic (exact) mass is 171 g/mol. The third kappa shape index (κ3) is 2.21. The van der Waals surface area contributed by atoms with Gasteiger partial charge in [-0.05, 0) is 19.3 Å². The molecule has 0 aromatic carbocycles. The van der Waals surface area contributed by atoms with Gasteiger partial charge in [-0.15, -0.1) is 0 Å². The molecule has 3 nitrogen and oxygen atoms in total. The largest absolute Gasteiger partial charge is 0.272 e. The number of carbonyl (C=O) groups is 1. The maximum atomic E-state index is 11.5. The normalized spacial score (nSPS) is 20.7. The van der Waals surface area contributed by atoms with Crippen molar-refractivity contribution in [2.75, 3.05) is 13.2 Å². The van der Waals surface area contributed by atoms with Crippen molar-refractivity contribution in [1.29, 1.82) is 0 Å². The zero-order valence-electron chi connectivity index (χ0n) is 7.88. The summed E-state index contributed by atoms with van der Waals surface area (Å²) in [7, 11) is 0. The molecule has 0 bridgehead atoms. The highest BCUT2D eigenvalue weighted by Gasteiger charge is 2.21. The van der Waals surface area contributed by atoms with E-state index in [0.29, 0.717) is 6.61 Å². The molecule has 0 aromatic heterocycles. The van der Waals surface area contributed by atoms with Crippen molar-refractivity contribution in [2.24, 2.45) is 5.92 Å². The van der Waals surface area contributed by atoms with Crippen LogP contribution in [0.3, 0.4) is 0 Å². The average Bonchev–Trinajstić information content (AvgIpc) is 2.17. The lowest BCUT2D eigenvalue weighted by Gasteiger charge is -2.27. The topological polar surface area (TPSA) is 29.5 Å². The number of carbonyl (C=O) groups excluding carboxylic acids is 1. The summed E-state index contributed by atoms with van der Waals surface area (Å²) in [5.74, 6) is 0.236. The van der Waals surface area contributed by atoms with E-state index >= 15 is 0 Å². The molecule has 0 radical (unpaired) electrons. The van der Waals surface area contributed by atoms with E-state index in [-0.39, 0.29) is 11.8 Å². The Bertz CT molecular complexity index is 153. The molecule has 1 fully saturated rings. The summed E-state index contributed by atoms with van der Waals surface area (Å²) < 4.78 is 0. The van der Waals surface area contributed by atoms with E-state index in [1.165, 1.54) is 5.06 Å². The molecular weight excluding hydrogens is 154 g/mol. The maximum Gasteiger partial charge on any atom is 0.248 e. The summed E-state index contributed by atoms with van der Waals surface area (Å²) in [4.78, 5) is 16.8. The van der Waals surface area contributed by atoms with Crippen LogP contribution in [0.1, 0.15) is 33.1 Å². The lowest BCUT2D eigenvalue weighted by molar-refractivity contribution is -0.200. The highest BCUT2D eigenvalue weighted by molar-refractivity contribution is 5.77. The summed E-state index contributed by atoms with van der Waals surface area (Å²) in [5, 5.41) is 1.53. The van der Waals surface area contributed by atoms with Crippen LogP contribution in [0.2, 0.25) is 0 Å². The molecule has 1 atom stereocenters. The number of hydroxylamine groups is 2. The molecule has 0 N–H and O–H groups in total. The molecule has 70 valence electrons. The van der Waals surface area contributed by atoms with Crippen molar-refractivity contribution in [1.82, 2.24) is 5.06 Å². The van der Waals surface area contributed by atoms with Crippen LogP contribution in [0, 0.1) is 5.92 Å². The molecule has 1 amide bonds. The molecule has 0 aliphatic carbocycles. The maximum absolute atomic E-state index is 11.5. The van der Waals surface area contributed by atoms with Crippen LogP contribution < -0.4 is 0 Å². The molecule has 0 aromatic rings. The first-order chi connectivity index (χ1) is 5.75. The van der Waals surface area contributed by atoms with Crippen LogP contribution in [0.4, 0.5) is 0 Å². The minimum atomic E-state index is 0.100. The first-order valence-electron chi connectivity index (χ1n) is 4.70. The first kappa shape index (κ1) is 9.52. The van der Waals surface area contributed by atoms with Gasteiger partial charge in [-0.25, -0.2) is 5.06 Å². The Labute approximate surface area is 73.6 Å². The fourth-order valence-electron chi connectivity index (χ4n) is 1.19. The second kappa shape index (κ2) is 4.45. The van der Waals surface area contributed by atoms with E-state index in [2.05, 4.69) is 0 Å². The predicted molar refractivity (Wildman–Crippen MR) is 46.4 cm³/mol. The summed E-state index contributed by atoms with van der Waals surface area (Å²) in [6.07, 6.45) is 3.03. The fraction of sp³-hybridized carbons (Fsp3) is 0.889. The van der Waals surface area contributed by atoms with Crippen molar-refractivity contribution < 1.29 is 9.63 Å². The quantitative estimate of drug-likeness (QED) is 0.631. The molecule has 1 saturated heterocycles. The van der Waals surface area contributed by atoms with E-state index in [1.807, 2.05) is 13.8 Å². The van der Waals surface area contributed by atoms with Crippen LogP contribution >= 0.6 is 0 Å². The SMILES string of the molecule is CCC(C)C(=O)N1CCCCO1. The molecule has 1 aliphatic rings. The van der Waals surface area contributed by atoms with Crippen molar-refractivity contribution in [3.63, 3.8) is 0 Å². The highest BCUT2D eigenvalue weighted by Crippen LogP contribution is 2.12. The Morgan fingerprint density at radius 2 is 2.33 bits per heavy atom. The van der Waals surface area contributed by atoms with Gasteiger partial charge in [0.1, 0.15) is 0 Å². The molecule has 1 rings (SSSR count). The summed E-state index contributed by atoms with van der Waals surface area (Å²) in [5.41, 5.74) is 0. The van der Waals surface area contributed by atoms with Gasteiger partial charge in [-0.1, -0.05) is 13.8 Å². The fourth-order valence-corrected chi connectivity index (χ4v) is 1.19. The Morgan fingerprint density at radius 3 is 2.83 bits per heavy atom. The second-order valence-electron chi connectivity index (χ2n) is 3.29. The minimum absolute atomic E-state index is 0.100. The number of rotatable bonds is 2. The van der Waals surface area contributed by atoms with Crippen molar-refractivity contribution >= 4 is 5.91 Å². The number of amides is 1. The van der Waals surface area contributed by atoms with Crippen molar-refractivity contribution in [2.45, 2.75) is 33.1 Å². The van der Waals surface area contributed by atoms with E-state index in [0.717, 1.165) is 25.8 Å². The van der Waals surface area contributed by atoms with Gasteiger partial charge < -0.3 is 0 Å². The standard InChI is InChI=1S/C9H17NO2/c1-3-8(2)9(11)10-6-4-5-7-12-10/h8H,3-7H2,1-2H3. The van der Waals surface area contributed by atoms with Gasteiger partial charge >= 0.3 is 0 Å². The van der Waals surface area contributed by atoms with Gasteiger partial charge in [-0.3, -0.25) is 9.63 Å². The Kier molecular flexibility index (Phi) is 3.53. The minimum Gasteiger partial charge on any atom is -0.272 e. The predicted octanol–water partition coefficient (Wildman–Crippen LogP) is 1.59. The van der Waals surface area contributed by atoms with Gasteiger partial charge in [0.15, 0.2) is 0 Å². The van der Waals surface area contributed by atoms with Crippen LogP contribution in [0.25, 0.3) is 0 Å². The molecule has 1 unspecified atom stereocenters. The Balaban J connectivity index is 2.39. The van der Waals surface area contributed by atoms with Gasteiger partial charge in [-0.2, -0.15) is 0 Å². The van der Waals surface area contributed by atoms with Gasteiger partial charge in [0.05, 0.1) is 6.61 Å². The van der Waals surface area contributed by atoms with E-state index in [4.69, 9.17) is 4.84 Å². The zero-order chi connectivity index (χ0) is 8.97. The van der Waals surface area contributed by atoms with E-state index < -0.39 is 0 Å². The zero-order valence-corrected chi connectivity index (χ0v) is 7.88. The molecular formula is C9H17NO2. The summed E-state index contributed by atoms with van der Waals surface area (Å²) >= 11 is 0. The van der Waals surface area contributed by atoms with Gasteiger partial charge in [0.25, 0.3) is 0 Å². The van der Waals surface area contributed by atoms with Crippen LogP contribution in [-0.2, 0) is 9.63 Å². The molecule has 3 heteroatoms. The highest BCUT2D eigenvalue weighted by atomic mass is 16.7. The molecule has 1 heterocycles. The second-order valence-corrected chi connectivity index (χ2v) is 3.29. The number of hydrogen-bond acceptors (Lipinski definition) is 2. The molecule has 1 aliphatic heterocycles. The molecule has 0 saturated carbocycles. The van der Waals surface area contributed by atoms with E-state index in [1.54, 1.807) is 0 Å². The molecule has 12 heavy (non-hydrogen) atoms. The summed E-state index contributed by atoms with van der Waals surface area (Å²) in [6, 6.07) is 0. The average molecular weight is 171 g/mol. The van der Waals surface area contributed by atoms with Crippen LogP contribution in [0.5, 0.6) is 0 Å². The lowest BCUT2D eigenvalue weighted by atomic mass is 10.1. The van der Waals surface area contributed by atoms with Crippen molar-refractivity contribution in [3.05, 3.63) is 0 Å². The van der Waals surface area contributed by atoms with Crippen molar-refractivity contribution in [3.8, 4) is 0 Å². The smallest absolute Gasteiger partial charge is 0.248 e. The first-order valence-corrected chi connectivity index (χ1v) is 4.70. The lowest BCUT2D eigenvalue weighted by Crippen LogP contribution is -2.38. The molecule has 0 spiro atoms. The summed E-state index contributed by atoms with van der Waals surface area (Å²) in [6.45, 7) is 5.43. The third-order valence-electron chi connectivity index (χ3n) is 2.28. The van der Waals surface area contributed by atoms with Gasteiger partial charge in [0, 0.05) is 12.5 Å². The number of nitrogens with zero attached hydrogens (tertiary/aromatic N) is 1. The Hall–Kier alpha value is -0.570. The Morgan fingerprint density at radius 1 is 1.58 bits per heavy atom. The van der Waals surface area contributed by atoms with Gasteiger partial charge in [0.2, 0.25) is 5.91 Å². The number of hydrogen-bond donors (Lipinski definition) is 0. The van der Waals surface area contributed by atoms with E-state index in [9.17, 15) is 4.79 Å². The van der Waals surface area contributed by atoms with Crippen LogP contribution in [0.15, 0.2) is 0 Å². The van der Waals surface area contributed by atoms with Crippen LogP contribution in [-0.4, -0.2) is 24.1 Å². The third-order valence-corrected chi connectivity index (χ3v) is 2.28.